The highest BCUT2D eigenvalue weighted by Crippen LogP contribution is 2.56. The standard InChI is InChI=1S/C54H57FN12O5/c1-31-23-39(8-9-41(31)43-28-46(57-30-56-43)62-17-15-61(6)16-18-62)64-19-20-65(53(64)70)49-47-35(5)63(14-11-42(47)59-67(49)40-24-32(2)48(55)33(3)25-40)50(68)45-27-38-26-37(36-12-21-71-22-13-36)7-10-44(38)66(45)54(29-34(54)4)51-58-52(69)72-60-51/h7-10,19-20,23-28,30,34-36H,11-18,21-22,29H2,1-6H3,(H,58,60,69)/t34?,35-,54?/m0/s1. The number of aromatic nitrogens is 9. The number of hydrogen-bond acceptors (Lipinski definition) is 11. The molecule has 1 saturated carbocycles. The number of rotatable bonds is 9. The normalized spacial score (nSPS) is 20.7. The molecule has 17 nitrogen and oxygen atoms in total. The highest BCUT2D eigenvalue weighted by atomic mass is 19.1. The summed E-state index contributed by atoms with van der Waals surface area (Å²) in [5.41, 5.74) is 7.59. The molecule has 72 heavy (non-hydrogen) atoms. The molecule has 5 aromatic heterocycles. The van der Waals surface area contributed by atoms with Crippen LogP contribution in [0.15, 0.2) is 93.5 Å². The third-order valence-corrected chi connectivity index (χ3v) is 15.9. The van der Waals surface area contributed by atoms with Gasteiger partial charge in [-0.1, -0.05) is 24.2 Å². The second-order valence-corrected chi connectivity index (χ2v) is 20.3. The van der Waals surface area contributed by atoms with E-state index in [4.69, 9.17) is 14.4 Å². The highest BCUT2D eigenvalue weighted by molar-refractivity contribution is 6.00. The molecule has 370 valence electrons. The van der Waals surface area contributed by atoms with E-state index in [0.717, 1.165) is 78.3 Å². The molecular weight excluding hydrogens is 916 g/mol. The highest BCUT2D eigenvalue weighted by Gasteiger charge is 2.59. The maximum Gasteiger partial charge on any atom is 0.438 e. The number of carbonyl (C=O) groups is 1. The second kappa shape index (κ2) is 17.4. The van der Waals surface area contributed by atoms with Crippen LogP contribution in [0.25, 0.3) is 39.4 Å². The number of carbonyl (C=O) groups excluding carboxylic acids is 1. The summed E-state index contributed by atoms with van der Waals surface area (Å²) in [5.74, 6) is 0.904. The Hall–Kier alpha value is -7.44. The zero-order valence-electron chi connectivity index (χ0n) is 41.4. The molecule has 2 saturated heterocycles. The molecule has 4 aliphatic rings. The summed E-state index contributed by atoms with van der Waals surface area (Å²) >= 11 is 0. The quantitative estimate of drug-likeness (QED) is 0.156. The lowest BCUT2D eigenvalue weighted by Crippen LogP contribution is -2.44. The third-order valence-electron chi connectivity index (χ3n) is 15.9. The number of amides is 1. The predicted molar refractivity (Wildman–Crippen MR) is 269 cm³/mol. The molecule has 3 aromatic carbocycles. The molecule has 8 aromatic rings. The van der Waals surface area contributed by atoms with Gasteiger partial charge in [-0.15, -0.1) is 0 Å². The molecule has 3 atom stereocenters. The van der Waals surface area contributed by atoms with Crippen molar-refractivity contribution in [3.05, 3.63) is 151 Å². The maximum atomic E-state index is 15.6. The summed E-state index contributed by atoms with van der Waals surface area (Å²) in [6.07, 6.45) is 7.95. The van der Waals surface area contributed by atoms with Crippen LogP contribution in [-0.2, 0) is 16.7 Å². The van der Waals surface area contributed by atoms with Crippen molar-refractivity contribution in [3.8, 4) is 28.5 Å². The van der Waals surface area contributed by atoms with Crippen molar-refractivity contribution in [1.82, 2.24) is 53.4 Å². The third kappa shape index (κ3) is 7.44. The van der Waals surface area contributed by atoms with E-state index in [0.29, 0.717) is 83.9 Å². The molecule has 0 bridgehead atoms. The fraction of sp³-hybridized carbons (Fsp3) is 0.389. The van der Waals surface area contributed by atoms with E-state index in [2.05, 4.69) is 66.6 Å². The molecule has 3 fully saturated rings. The average Bonchev–Trinajstić information content (AvgIpc) is 3.88. The Balaban J connectivity index is 0.945. The number of likely N-dealkylation sites (N-methyl/N-ethyl adjacent to an activating group) is 1. The van der Waals surface area contributed by atoms with E-state index in [1.54, 1.807) is 58.5 Å². The SMILES string of the molecule is Cc1cc(-n2ccn(-c3c4c(nn3-c3cc(C)c(F)c(C)c3)CCN(C(=O)c3cc5cc(C6CCOCC6)ccc5n3C3(c5noc(=O)[nH]5)CC3C)[C@H]4C)c2=O)ccc1-c1cc(N2CCN(C)CC2)ncn1. The van der Waals surface area contributed by atoms with Crippen LogP contribution >= 0.6 is 0 Å². The van der Waals surface area contributed by atoms with E-state index in [9.17, 15) is 4.79 Å². The molecular formula is C54H57FN12O5. The molecule has 0 spiro atoms. The number of nitrogens with one attached hydrogen (secondary N) is 1. The minimum absolute atomic E-state index is 0.0247. The zero-order chi connectivity index (χ0) is 49.7. The smallest absolute Gasteiger partial charge is 0.381 e. The van der Waals surface area contributed by atoms with Crippen LogP contribution in [0.1, 0.15) is 94.9 Å². The lowest BCUT2D eigenvalue weighted by Gasteiger charge is -2.34. The number of aromatic amines is 1. The molecule has 1 N–H and O–H groups in total. The van der Waals surface area contributed by atoms with E-state index < -0.39 is 17.3 Å². The van der Waals surface area contributed by atoms with Crippen molar-refractivity contribution in [1.29, 1.82) is 0 Å². The van der Waals surface area contributed by atoms with Crippen molar-refractivity contribution in [2.45, 2.75) is 77.8 Å². The van der Waals surface area contributed by atoms with Crippen molar-refractivity contribution in [2.24, 2.45) is 5.92 Å². The Morgan fingerprint density at radius 2 is 1.58 bits per heavy atom. The molecule has 1 amide bonds. The molecule has 18 heteroatoms. The van der Waals surface area contributed by atoms with E-state index >= 15 is 14.0 Å². The Kier molecular flexibility index (Phi) is 11.0. The van der Waals surface area contributed by atoms with Crippen LogP contribution in [0.5, 0.6) is 0 Å². The molecule has 1 aliphatic carbocycles. The van der Waals surface area contributed by atoms with Crippen molar-refractivity contribution in [2.75, 3.05) is 57.9 Å². The van der Waals surface area contributed by atoms with E-state index in [1.165, 1.54) is 5.56 Å². The number of nitrogens with zero attached hydrogens (tertiary/aromatic N) is 11. The van der Waals surface area contributed by atoms with Gasteiger partial charge in [-0.25, -0.2) is 28.6 Å². The number of hydrogen-bond donors (Lipinski definition) is 1. The molecule has 3 aliphatic heterocycles. The summed E-state index contributed by atoms with van der Waals surface area (Å²) in [7, 11) is 2.13. The predicted octanol–water partition coefficient (Wildman–Crippen LogP) is 7.15. The first-order valence-electron chi connectivity index (χ1n) is 25.0. The fourth-order valence-electron chi connectivity index (χ4n) is 11.7. The Morgan fingerprint density at radius 1 is 0.847 bits per heavy atom. The van der Waals surface area contributed by atoms with Crippen molar-refractivity contribution < 1.29 is 18.4 Å². The van der Waals surface area contributed by atoms with Crippen LogP contribution in [-0.4, -0.2) is 112 Å². The topological polar surface area (TPSA) is 170 Å². The minimum Gasteiger partial charge on any atom is -0.381 e. The lowest BCUT2D eigenvalue weighted by molar-refractivity contribution is 0.0663. The van der Waals surface area contributed by atoms with Gasteiger partial charge in [0.2, 0.25) is 0 Å². The van der Waals surface area contributed by atoms with Gasteiger partial charge in [-0.2, -0.15) is 5.10 Å². The summed E-state index contributed by atoms with van der Waals surface area (Å²) in [5, 5.41) is 10.3. The number of anilines is 1. The van der Waals surface area contributed by atoms with Gasteiger partial charge in [0.05, 0.1) is 28.8 Å². The lowest BCUT2D eigenvalue weighted by atomic mass is 9.91. The molecule has 12 rings (SSSR count). The van der Waals surface area contributed by atoms with Crippen molar-refractivity contribution in [3.63, 3.8) is 0 Å². The summed E-state index contributed by atoms with van der Waals surface area (Å²) < 4.78 is 33.0. The number of piperazine rings is 1. The first kappa shape index (κ1) is 45.7. The first-order valence-corrected chi connectivity index (χ1v) is 25.0. The maximum absolute atomic E-state index is 15.6. The summed E-state index contributed by atoms with van der Waals surface area (Å²) in [6, 6.07) is 19.2. The first-order chi connectivity index (χ1) is 34.8. The van der Waals surface area contributed by atoms with E-state index in [-0.39, 0.29) is 23.3 Å². The second-order valence-electron chi connectivity index (χ2n) is 20.3. The van der Waals surface area contributed by atoms with Gasteiger partial charge in [-0.3, -0.25) is 23.4 Å². The van der Waals surface area contributed by atoms with Crippen LogP contribution in [0.2, 0.25) is 0 Å². The van der Waals surface area contributed by atoms with Gasteiger partial charge in [0, 0.05) is 92.8 Å². The summed E-state index contributed by atoms with van der Waals surface area (Å²) in [4.78, 5) is 61.6. The van der Waals surface area contributed by atoms with Crippen LogP contribution < -0.4 is 16.3 Å². The number of halogens is 1. The Morgan fingerprint density at radius 3 is 2.29 bits per heavy atom. The average molecular weight is 973 g/mol. The van der Waals surface area contributed by atoms with E-state index in [1.807, 2.05) is 49.1 Å². The Labute approximate surface area is 414 Å². The number of aryl methyl sites for hydroxylation is 3. The summed E-state index contributed by atoms with van der Waals surface area (Å²) in [6.45, 7) is 14.9. The number of fused-ring (bicyclic) bond motifs is 2. The van der Waals surface area contributed by atoms with Gasteiger partial charge in [-0.05, 0) is 131 Å². The van der Waals surface area contributed by atoms with Crippen molar-refractivity contribution >= 4 is 22.6 Å². The monoisotopic (exact) mass is 972 g/mol. The number of ether oxygens (including phenoxy) is 1. The molecule has 8 heterocycles. The van der Waals surface area contributed by atoms with Gasteiger partial charge in [0.15, 0.2) is 5.82 Å². The van der Waals surface area contributed by atoms with Crippen LogP contribution in [0, 0.1) is 32.5 Å². The molecule has 2 unspecified atom stereocenters. The molecule has 0 radical (unpaired) electrons. The number of benzene rings is 3. The van der Waals surface area contributed by atoms with Gasteiger partial charge in [0.1, 0.15) is 35.0 Å². The van der Waals surface area contributed by atoms with Gasteiger partial charge < -0.3 is 24.0 Å². The fourth-order valence-corrected chi connectivity index (χ4v) is 11.7. The van der Waals surface area contributed by atoms with Crippen LogP contribution in [0.3, 0.4) is 0 Å². The number of imidazole rings is 1. The number of H-pyrrole nitrogens is 1. The van der Waals surface area contributed by atoms with Gasteiger partial charge in [0.25, 0.3) is 5.91 Å². The Bertz CT molecular complexity index is 3540. The zero-order valence-corrected chi connectivity index (χ0v) is 41.4. The van der Waals surface area contributed by atoms with Gasteiger partial charge >= 0.3 is 11.4 Å². The minimum atomic E-state index is -0.827. The van der Waals surface area contributed by atoms with Crippen LogP contribution in [0.4, 0.5) is 10.2 Å². The largest absolute Gasteiger partial charge is 0.438 e.